The number of nitrogens with zero attached hydrogens (tertiary/aromatic N) is 3. The summed E-state index contributed by atoms with van der Waals surface area (Å²) in [6.07, 6.45) is 3.57. The normalized spacial score (nSPS) is 10.7. The molecular weight excluding hydrogens is 341 g/mol. The van der Waals surface area contributed by atoms with Gasteiger partial charge in [-0.25, -0.2) is 9.37 Å². The number of halogens is 2. The van der Waals surface area contributed by atoms with E-state index in [0.29, 0.717) is 23.7 Å². The van der Waals surface area contributed by atoms with Gasteiger partial charge in [0.15, 0.2) is 0 Å². The van der Waals surface area contributed by atoms with E-state index in [1.165, 1.54) is 24.3 Å². The Labute approximate surface area is 150 Å². The molecular formula is C19H17ClFN3O. The highest BCUT2D eigenvalue weighted by Crippen LogP contribution is 2.14. The van der Waals surface area contributed by atoms with Crippen LogP contribution in [0.2, 0.25) is 5.02 Å². The van der Waals surface area contributed by atoms with Gasteiger partial charge in [-0.2, -0.15) is 0 Å². The third-order valence-corrected chi connectivity index (χ3v) is 4.10. The van der Waals surface area contributed by atoms with Gasteiger partial charge < -0.3 is 9.47 Å². The summed E-state index contributed by atoms with van der Waals surface area (Å²) in [5.41, 5.74) is 1.50. The van der Waals surface area contributed by atoms with Gasteiger partial charge >= 0.3 is 0 Å². The Morgan fingerprint density at radius 3 is 2.72 bits per heavy atom. The van der Waals surface area contributed by atoms with E-state index >= 15 is 0 Å². The molecule has 3 rings (SSSR count). The number of aromatic nitrogens is 2. The molecule has 0 unspecified atom stereocenters. The molecule has 1 aromatic heterocycles. The van der Waals surface area contributed by atoms with Gasteiger partial charge in [0.1, 0.15) is 11.6 Å². The van der Waals surface area contributed by atoms with Gasteiger partial charge in [0, 0.05) is 36.6 Å². The molecule has 4 nitrogen and oxygen atoms in total. The van der Waals surface area contributed by atoms with Crippen molar-refractivity contribution in [3.63, 3.8) is 0 Å². The Balaban J connectivity index is 1.72. The quantitative estimate of drug-likeness (QED) is 0.692. The molecule has 0 radical (unpaired) electrons. The van der Waals surface area contributed by atoms with Crippen molar-refractivity contribution in [1.82, 2.24) is 14.5 Å². The van der Waals surface area contributed by atoms with Crippen molar-refractivity contribution in [1.29, 1.82) is 0 Å². The van der Waals surface area contributed by atoms with Gasteiger partial charge in [0.2, 0.25) is 0 Å². The Hall–Kier alpha value is -2.66. The van der Waals surface area contributed by atoms with Gasteiger partial charge in [-0.3, -0.25) is 4.79 Å². The smallest absolute Gasteiger partial charge is 0.254 e. The maximum Gasteiger partial charge on any atom is 0.254 e. The summed E-state index contributed by atoms with van der Waals surface area (Å²) in [5.74, 6) is 0.214. The Morgan fingerprint density at radius 2 is 2.00 bits per heavy atom. The molecule has 128 valence electrons. The molecule has 0 bridgehead atoms. The van der Waals surface area contributed by atoms with Crippen molar-refractivity contribution in [2.24, 2.45) is 0 Å². The van der Waals surface area contributed by atoms with Crippen molar-refractivity contribution in [2.45, 2.75) is 13.1 Å². The molecule has 2 aromatic carbocycles. The number of imidazole rings is 1. The minimum Gasteiger partial charge on any atom is -0.334 e. The predicted molar refractivity (Wildman–Crippen MR) is 95.0 cm³/mol. The average Bonchev–Trinajstić information content (AvgIpc) is 3.01. The van der Waals surface area contributed by atoms with Crippen molar-refractivity contribution in [2.75, 3.05) is 7.05 Å². The van der Waals surface area contributed by atoms with Crippen LogP contribution in [0.25, 0.3) is 0 Å². The van der Waals surface area contributed by atoms with Crippen molar-refractivity contribution < 1.29 is 9.18 Å². The summed E-state index contributed by atoms with van der Waals surface area (Å²) in [4.78, 5) is 18.3. The standard InChI is InChI=1S/C19H17ClFN3O/c1-23(19(25)15-5-7-17(21)8-6-15)13-18-22-9-10-24(18)12-14-3-2-4-16(20)11-14/h2-11H,12-13H2,1H3. The zero-order valence-corrected chi connectivity index (χ0v) is 14.4. The summed E-state index contributed by atoms with van der Waals surface area (Å²) in [6, 6.07) is 13.1. The first-order valence-corrected chi connectivity index (χ1v) is 8.16. The molecule has 3 aromatic rings. The third kappa shape index (κ3) is 4.25. The Kier molecular flexibility index (Phi) is 5.14. The zero-order valence-electron chi connectivity index (χ0n) is 13.7. The molecule has 25 heavy (non-hydrogen) atoms. The van der Waals surface area contributed by atoms with E-state index in [-0.39, 0.29) is 11.7 Å². The van der Waals surface area contributed by atoms with E-state index in [1.807, 2.05) is 35.0 Å². The lowest BCUT2D eigenvalue weighted by Crippen LogP contribution is -2.27. The fourth-order valence-corrected chi connectivity index (χ4v) is 2.78. The fraction of sp³-hybridized carbons (Fsp3) is 0.158. The molecule has 0 spiro atoms. The molecule has 0 aliphatic carbocycles. The van der Waals surface area contributed by atoms with Gasteiger partial charge in [-0.1, -0.05) is 23.7 Å². The number of carbonyl (C=O) groups is 1. The highest BCUT2D eigenvalue weighted by atomic mass is 35.5. The van der Waals surface area contributed by atoms with E-state index in [4.69, 9.17) is 11.6 Å². The number of rotatable bonds is 5. The average molecular weight is 358 g/mol. The van der Waals surface area contributed by atoms with Crippen LogP contribution in [0.1, 0.15) is 21.7 Å². The molecule has 1 amide bonds. The number of benzene rings is 2. The highest BCUT2D eigenvalue weighted by Gasteiger charge is 2.14. The third-order valence-electron chi connectivity index (χ3n) is 3.86. The molecule has 0 aliphatic rings. The lowest BCUT2D eigenvalue weighted by atomic mass is 10.2. The van der Waals surface area contributed by atoms with Crippen LogP contribution in [0.5, 0.6) is 0 Å². The number of carbonyl (C=O) groups excluding carboxylic acids is 1. The maximum absolute atomic E-state index is 13.0. The summed E-state index contributed by atoms with van der Waals surface area (Å²) in [6.45, 7) is 0.970. The van der Waals surface area contributed by atoms with Crippen molar-refractivity contribution in [3.05, 3.63) is 88.7 Å². The first-order valence-electron chi connectivity index (χ1n) is 7.78. The zero-order chi connectivity index (χ0) is 17.8. The maximum atomic E-state index is 13.0. The second-order valence-corrected chi connectivity index (χ2v) is 6.21. The minimum absolute atomic E-state index is 0.183. The molecule has 0 N–H and O–H groups in total. The van der Waals surface area contributed by atoms with E-state index in [0.717, 1.165) is 11.4 Å². The van der Waals surface area contributed by atoms with Crippen LogP contribution in [0.4, 0.5) is 4.39 Å². The van der Waals surface area contributed by atoms with E-state index in [2.05, 4.69) is 4.98 Å². The van der Waals surface area contributed by atoms with Gasteiger partial charge in [-0.15, -0.1) is 0 Å². The predicted octanol–water partition coefficient (Wildman–Crippen LogP) is 4.00. The molecule has 0 saturated carbocycles. The topological polar surface area (TPSA) is 38.1 Å². The lowest BCUT2D eigenvalue weighted by molar-refractivity contribution is 0.0780. The van der Waals surface area contributed by atoms with Crippen LogP contribution in [-0.2, 0) is 13.1 Å². The number of hydrogen-bond acceptors (Lipinski definition) is 2. The molecule has 6 heteroatoms. The molecule has 0 saturated heterocycles. The van der Waals surface area contributed by atoms with Crippen LogP contribution in [0.3, 0.4) is 0 Å². The molecule has 0 fully saturated rings. The Bertz CT molecular complexity index is 876. The first kappa shape index (κ1) is 17.2. The van der Waals surface area contributed by atoms with Crippen LogP contribution in [0.15, 0.2) is 60.9 Å². The van der Waals surface area contributed by atoms with E-state index in [1.54, 1.807) is 18.1 Å². The second-order valence-electron chi connectivity index (χ2n) is 5.77. The van der Waals surface area contributed by atoms with E-state index in [9.17, 15) is 9.18 Å². The summed E-state index contributed by atoms with van der Waals surface area (Å²) < 4.78 is 15.0. The monoisotopic (exact) mass is 357 g/mol. The highest BCUT2D eigenvalue weighted by molar-refractivity contribution is 6.30. The SMILES string of the molecule is CN(Cc1nccn1Cc1cccc(Cl)c1)C(=O)c1ccc(F)cc1. The summed E-state index contributed by atoms with van der Waals surface area (Å²) in [7, 11) is 1.70. The molecule has 1 heterocycles. The van der Waals surface area contributed by atoms with Crippen LogP contribution in [0, 0.1) is 5.82 Å². The Morgan fingerprint density at radius 1 is 1.24 bits per heavy atom. The van der Waals surface area contributed by atoms with Crippen molar-refractivity contribution in [3.8, 4) is 0 Å². The van der Waals surface area contributed by atoms with Gasteiger partial charge in [-0.05, 0) is 42.0 Å². The number of amides is 1. The number of hydrogen-bond donors (Lipinski definition) is 0. The van der Waals surface area contributed by atoms with E-state index < -0.39 is 0 Å². The van der Waals surface area contributed by atoms with Crippen LogP contribution in [-0.4, -0.2) is 27.4 Å². The van der Waals surface area contributed by atoms with Gasteiger partial charge in [0.25, 0.3) is 5.91 Å². The summed E-state index contributed by atoms with van der Waals surface area (Å²) in [5, 5.41) is 0.683. The molecule has 0 atom stereocenters. The second kappa shape index (κ2) is 7.49. The minimum atomic E-state index is -0.365. The fourth-order valence-electron chi connectivity index (χ4n) is 2.56. The van der Waals surface area contributed by atoms with Crippen LogP contribution < -0.4 is 0 Å². The lowest BCUT2D eigenvalue weighted by Gasteiger charge is -2.18. The first-order chi connectivity index (χ1) is 12.0. The van der Waals surface area contributed by atoms with Crippen molar-refractivity contribution >= 4 is 17.5 Å². The van der Waals surface area contributed by atoms with Gasteiger partial charge in [0.05, 0.1) is 6.54 Å². The van der Waals surface area contributed by atoms with Crippen LogP contribution >= 0.6 is 11.6 Å². The molecule has 0 aliphatic heterocycles. The summed E-state index contributed by atoms with van der Waals surface area (Å²) >= 11 is 6.03. The largest absolute Gasteiger partial charge is 0.334 e.